The molecule has 122 valence electrons. The topological polar surface area (TPSA) is 50.2 Å². The van der Waals surface area contributed by atoms with Crippen LogP contribution in [0, 0.1) is 5.41 Å². The van der Waals surface area contributed by atoms with Crippen LogP contribution >= 0.6 is 0 Å². The van der Waals surface area contributed by atoms with Gasteiger partial charge in [-0.2, -0.15) is 0 Å². The summed E-state index contributed by atoms with van der Waals surface area (Å²) in [6.45, 7) is 6.71. The van der Waals surface area contributed by atoms with E-state index in [1.54, 1.807) is 12.5 Å². The molecule has 2 aromatic rings. The molecule has 5 heteroatoms. The Morgan fingerprint density at radius 2 is 2.09 bits per heavy atom. The second kappa shape index (κ2) is 6.44. The zero-order valence-corrected chi connectivity index (χ0v) is 13.8. The fourth-order valence-electron chi connectivity index (χ4n) is 3.13. The fraction of sp³-hybridized carbons (Fsp3) is 0.444. The highest BCUT2D eigenvalue weighted by Gasteiger charge is 2.42. The van der Waals surface area contributed by atoms with Crippen molar-refractivity contribution >= 4 is 6.03 Å². The van der Waals surface area contributed by atoms with E-state index in [-0.39, 0.29) is 6.03 Å². The molecule has 2 amide bonds. The lowest BCUT2D eigenvalue weighted by atomic mass is 9.75. The first-order valence-corrected chi connectivity index (χ1v) is 8.26. The van der Waals surface area contributed by atoms with Crippen molar-refractivity contribution in [2.75, 3.05) is 13.1 Å². The number of hydrogen-bond donors (Lipinski definition) is 1. The van der Waals surface area contributed by atoms with Gasteiger partial charge in [0.1, 0.15) is 0 Å². The van der Waals surface area contributed by atoms with Crippen LogP contribution in [-0.2, 0) is 6.54 Å². The molecule has 0 radical (unpaired) electrons. The highest BCUT2D eigenvalue weighted by atomic mass is 16.2. The van der Waals surface area contributed by atoms with Gasteiger partial charge in [-0.3, -0.25) is 0 Å². The summed E-state index contributed by atoms with van der Waals surface area (Å²) in [5.41, 5.74) is 2.48. The predicted octanol–water partition coefficient (Wildman–Crippen LogP) is 3.20. The number of carbonyl (C=O) groups is 1. The molecule has 1 aromatic carbocycles. The number of carbonyl (C=O) groups excluding carboxylic acids is 1. The van der Waals surface area contributed by atoms with Crippen LogP contribution in [0.4, 0.5) is 4.79 Å². The van der Waals surface area contributed by atoms with Crippen LogP contribution in [0.2, 0.25) is 0 Å². The normalized spacial score (nSPS) is 16.0. The van der Waals surface area contributed by atoms with Gasteiger partial charge in [0.2, 0.25) is 0 Å². The highest BCUT2D eigenvalue weighted by molar-refractivity contribution is 5.75. The molecule has 0 atom stereocenters. The molecule has 1 aliphatic heterocycles. The molecule has 1 aliphatic rings. The van der Waals surface area contributed by atoms with Crippen LogP contribution in [0.3, 0.4) is 0 Å². The van der Waals surface area contributed by atoms with E-state index in [1.807, 2.05) is 33.9 Å². The molecule has 1 N–H and O–H groups in total. The van der Waals surface area contributed by atoms with E-state index >= 15 is 0 Å². The van der Waals surface area contributed by atoms with Crippen LogP contribution in [0.25, 0.3) is 5.69 Å². The summed E-state index contributed by atoms with van der Waals surface area (Å²) in [7, 11) is 0. The van der Waals surface area contributed by atoms with Gasteiger partial charge in [0.15, 0.2) is 0 Å². The first kappa shape index (κ1) is 15.6. The number of nitrogens with zero attached hydrogens (tertiary/aromatic N) is 3. The maximum atomic E-state index is 12.2. The number of nitrogens with one attached hydrogen (secondary N) is 1. The summed E-state index contributed by atoms with van der Waals surface area (Å²) in [5, 5.41) is 3.02. The van der Waals surface area contributed by atoms with Gasteiger partial charge < -0.3 is 14.8 Å². The summed E-state index contributed by atoms with van der Waals surface area (Å²) >= 11 is 0. The molecular weight excluding hydrogens is 288 g/mol. The van der Waals surface area contributed by atoms with Gasteiger partial charge in [0, 0.05) is 43.1 Å². The lowest BCUT2D eigenvalue weighted by molar-refractivity contribution is 0.0246. The first-order valence-electron chi connectivity index (χ1n) is 8.26. The summed E-state index contributed by atoms with van der Waals surface area (Å²) in [6.07, 6.45) is 7.71. The van der Waals surface area contributed by atoms with Crippen molar-refractivity contribution in [3.63, 3.8) is 0 Å². The Morgan fingerprint density at radius 3 is 2.74 bits per heavy atom. The van der Waals surface area contributed by atoms with Crippen molar-refractivity contribution in [2.45, 2.75) is 33.2 Å². The van der Waals surface area contributed by atoms with Crippen molar-refractivity contribution in [3.8, 4) is 5.69 Å². The van der Waals surface area contributed by atoms with Gasteiger partial charge >= 0.3 is 6.03 Å². The van der Waals surface area contributed by atoms with Crippen LogP contribution < -0.4 is 5.32 Å². The van der Waals surface area contributed by atoms with Gasteiger partial charge in [0.25, 0.3) is 0 Å². The molecule has 1 fully saturated rings. The maximum Gasteiger partial charge on any atom is 0.317 e. The summed E-state index contributed by atoms with van der Waals surface area (Å²) in [5.74, 6) is 0. The van der Waals surface area contributed by atoms with Crippen LogP contribution in [0.15, 0.2) is 43.0 Å². The van der Waals surface area contributed by atoms with E-state index in [4.69, 9.17) is 0 Å². The lowest BCUT2D eigenvalue weighted by Crippen LogP contribution is -2.60. The van der Waals surface area contributed by atoms with E-state index in [0.29, 0.717) is 12.0 Å². The second-order valence-electron chi connectivity index (χ2n) is 6.36. The van der Waals surface area contributed by atoms with Crippen molar-refractivity contribution in [1.82, 2.24) is 19.8 Å². The minimum Gasteiger partial charge on any atom is -0.334 e. The summed E-state index contributed by atoms with van der Waals surface area (Å²) in [6, 6.07) is 8.16. The molecule has 1 saturated heterocycles. The Balaban J connectivity index is 1.55. The summed E-state index contributed by atoms with van der Waals surface area (Å²) < 4.78 is 1.96. The zero-order valence-electron chi connectivity index (χ0n) is 13.8. The van der Waals surface area contributed by atoms with E-state index in [1.165, 1.54) is 0 Å². The molecular formula is C18H24N4O. The van der Waals surface area contributed by atoms with Crippen molar-refractivity contribution in [3.05, 3.63) is 48.5 Å². The predicted molar refractivity (Wildman–Crippen MR) is 90.4 cm³/mol. The van der Waals surface area contributed by atoms with E-state index in [0.717, 1.165) is 37.2 Å². The first-order chi connectivity index (χ1) is 11.2. The van der Waals surface area contributed by atoms with Gasteiger partial charge in [-0.25, -0.2) is 9.78 Å². The Hall–Kier alpha value is -2.30. The number of aromatic nitrogens is 2. The Bertz CT molecular complexity index is 653. The van der Waals surface area contributed by atoms with Crippen LogP contribution in [0.5, 0.6) is 0 Å². The average molecular weight is 312 g/mol. The van der Waals surface area contributed by atoms with E-state index in [2.05, 4.69) is 30.2 Å². The quantitative estimate of drug-likeness (QED) is 0.921. The zero-order chi connectivity index (χ0) is 16.3. The number of urea groups is 1. The molecule has 0 spiro atoms. The molecule has 5 nitrogen and oxygen atoms in total. The third kappa shape index (κ3) is 3.23. The number of hydrogen-bond acceptors (Lipinski definition) is 2. The smallest absolute Gasteiger partial charge is 0.317 e. The fourth-order valence-corrected chi connectivity index (χ4v) is 3.13. The van der Waals surface area contributed by atoms with Gasteiger partial charge in [-0.15, -0.1) is 0 Å². The number of amides is 2. The minimum atomic E-state index is 0.0376. The third-order valence-corrected chi connectivity index (χ3v) is 5.00. The number of rotatable bonds is 5. The average Bonchev–Trinajstić information content (AvgIpc) is 3.08. The van der Waals surface area contributed by atoms with Gasteiger partial charge in [0.05, 0.1) is 6.33 Å². The second-order valence-corrected chi connectivity index (χ2v) is 6.36. The number of imidazole rings is 1. The van der Waals surface area contributed by atoms with Crippen molar-refractivity contribution in [1.29, 1.82) is 0 Å². The highest BCUT2D eigenvalue weighted by Crippen LogP contribution is 2.36. The minimum absolute atomic E-state index is 0.0376. The largest absolute Gasteiger partial charge is 0.334 e. The molecule has 1 aromatic heterocycles. The molecule has 23 heavy (non-hydrogen) atoms. The van der Waals surface area contributed by atoms with Crippen molar-refractivity contribution < 1.29 is 4.79 Å². The van der Waals surface area contributed by atoms with Crippen LogP contribution in [-0.4, -0.2) is 33.6 Å². The van der Waals surface area contributed by atoms with Gasteiger partial charge in [-0.05, 0) is 30.5 Å². The lowest BCUT2D eigenvalue weighted by Gasteiger charge is -2.49. The number of likely N-dealkylation sites (tertiary alicyclic amines) is 1. The Labute approximate surface area is 137 Å². The molecule has 0 saturated carbocycles. The molecule has 0 unspecified atom stereocenters. The Morgan fingerprint density at radius 1 is 1.30 bits per heavy atom. The van der Waals surface area contributed by atoms with E-state index < -0.39 is 0 Å². The maximum absolute atomic E-state index is 12.2. The monoisotopic (exact) mass is 312 g/mol. The van der Waals surface area contributed by atoms with Gasteiger partial charge in [-0.1, -0.05) is 26.0 Å². The number of benzene rings is 1. The van der Waals surface area contributed by atoms with Crippen molar-refractivity contribution in [2.24, 2.45) is 5.41 Å². The molecule has 2 heterocycles. The standard InChI is InChI=1S/C18H24N4O/c1-3-18(4-2)12-22(13-18)17(23)20-11-15-6-5-7-16(10-15)21-9-8-19-14-21/h5-10,14H,3-4,11-13H2,1-2H3,(H,20,23). The van der Waals surface area contributed by atoms with E-state index in [9.17, 15) is 4.79 Å². The summed E-state index contributed by atoms with van der Waals surface area (Å²) in [4.78, 5) is 18.2. The molecule has 0 bridgehead atoms. The molecule has 0 aliphatic carbocycles. The third-order valence-electron chi connectivity index (χ3n) is 5.00. The Kier molecular flexibility index (Phi) is 4.37. The molecule has 3 rings (SSSR count). The SMILES string of the molecule is CCC1(CC)CN(C(=O)NCc2cccc(-n3ccnc3)c2)C1. The van der Waals surface area contributed by atoms with Crippen LogP contribution in [0.1, 0.15) is 32.3 Å².